The Morgan fingerprint density at radius 3 is 2.71 bits per heavy atom. The number of hydrogen-bond donors (Lipinski definition) is 2. The fraction of sp³-hybridized carbons (Fsp3) is 0.731. The van der Waals surface area contributed by atoms with Crippen LogP contribution in [0.1, 0.15) is 63.0 Å². The zero-order chi connectivity index (χ0) is 24.3. The smallest absolute Gasteiger partial charge is 0.317 e. The molecule has 0 radical (unpaired) electrons. The third-order valence-electron chi connectivity index (χ3n) is 7.12. The van der Waals surface area contributed by atoms with E-state index in [9.17, 15) is 4.79 Å². The second kappa shape index (κ2) is 14.5. The van der Waals surface area contributed by atoms with Crippen molar-refractivity contribution < 1.29 is 14.3 Å². The van der Waals surface area contributed by atoms with Gasteiger partial charge in [0.1, 0.15) is 0 Å². The molecular weight excluding hydrogens is 473 g/mol. The number of methoxy groups -OCH3 is 1. The number of ether oxygens (including phenoxy) is 2. The molecular formula is C26H41Cl2N3O3. The van der Waals surface area contributed by atoms with Crippen LogP contribution in [0.15, 0.2) is 18.2 Å². The summed E-state index contributed by atoms with van der Waals surface area (Å²) in [5.41, 5.74) is 0.896. The molecule has 1 aliphatic heterocycles. The number of nitrogens with one attached hydrogen (secondary N) is 2. The van der Waals surface area contributed by atoms with E-state index in [4.69, 9.17) is 32.7 Å². The number of carbonyl (C=O) groups excluding carboxylic acids is 1. The van der Waals surface area contributed by atoms with Gasteiger partial charge < -0.3 is 25.0 Å². The summed E-state index contributed by atoms with van der Waals surface area (Å²) in [4.78, 5) is 15.2. The molecule has 2 N–H and O–H groups in total. The molecule has 0 unspecified atom stereocenters. The molecule has 0 spiro atoms. The van der Waals surface area contributed by atoms with Gasteiger partial charge in [0.25, 0.3) is 0 Å². The predicted molar refractivity (Wildman–Crippen MR) is 139 cm³/mol. The summed E-state index contributed by atoms with van der Waals surface area (Å²) >= 11 is 12.9. The summed E-state index contributed by atoms with van der Waals surface area (Å²) in [6.45, 7) is 3.40. The maximum Gasteiger partial charge on any atom is 0.317 e. The van der Waals surface area contributed by atoms with E-state index < -0.39 is 0 Å². The van der Waals surface area contributed by atoms with Gasteiger partial charge in [-0.15, -0.1) is 0 Å². The van der Waals surface area contributed by atoms with Crippen LogP contribution in [0.4, 0.5) is 4.79 Å². The maximum atomic E-state index is 13.3. The molecule has 1 heterocycles. The average molecular weight is 515 g/mol. The van der Waals surface area contributed by atoms with Crippen molar-refractivity contribution in [3.05, 3.63) is 33.8 Å². The molecule has 192 valence electrons. The highest BCUT2D eigenvalue weighted by molar-refractivity contribution is 6.42. The normalized spacial score (nSPS) is 20.9. The first-order chi connectivity index (χ1) is 16.5. The third kappa shape index (κ3) is 7.99. The minimum atomic E-state index is -0.217. The van der Waals surface area contributed by atoms with Gasteiger partial charge in [0.2, 0.25) is 0 Å². The van der Waals surface area contributed by atoms with E-state index in [-0.39, 0.29) is 24.1 Å². The predicted octanol–water partition coefficient (Wildman–Crippen LogP) is 5.68. The molecule has 1 saturated carbocycles. The van der Waals surface area contributed by atoms with Crippen molar-refractivity contribution >= 4 is 29.2 Å². The highest BCUT2D eigenvalue weighted by Crippen LogP contribution is 2.39. The van der Waals surface area contributed by atoms with Gasteiger partial charge in [0.15, 0.2) is 0 Å². The molecule has 8 heteroatoms. The Morgan fingerprint density at radius 1 is 1.18 bits per heavy atom. The molecule has 0 aromatic heterocycles. The van der Waals surface area contributed by atoms with Crippen molar-refractivity contribution in [1.29, 1.82) is 0 Å². The number of likely N-dealkylation sites (N-methyl/N-ethyl adjacent to an activating group) is 1. The zero-order valence-corrected chi connectivity index (χ0v) is 22.2. The van der Waals surface area contributed by atoms with Gasteiger partial charge in [0.05, 0.1) is 16.1 Å². The van der Waals surface area contributed by atoms with Gasteiger partial charge in [-0.05, 0) is 44.7 Å². The summed E-state index contributed by atoms with van der Waals surface area (Å²) in [6.07, 6.45) is 8.74. The molecule has 6 nitrogen and oxygen atoms in total. The number of piperidine rings is 1. The van der Waals surface area contributed by atoms with E-state index in [0.29, 0.717) is 29.8 Å². The second-order valence-electron chi connectivity index (χ2n) is 9.72. The van der Waals surface area contributed by atoms with Crippen molar-refractivity contribution in [2.75, 3.05) is 47.0 Å². The van der Waals surface area contributed by atoms with E-state index in [1.807, 2.05) is 24.1 Å². The van der Waals surface area contributed by atoms with Gasteiger partial charge >= 0.3 is 6.03 Å². The summed E-state index contributed by atoms with van der Waals surface area (Å²) in [7, 11) is 3.64. The monoisotopic (exact) mass is 513 g/mol. The number of amides is 2. The van der Waals surface area contributed by atoms with Crippen LogP contribution in [-0.4, -0.2) is 64.0 Å². The van der Waals surface area contributed by atoms with E-state index >= 15 is 0 Å². The van der Waals surface area contributed by atoms with Crippen LogP contribution in [0.2, 0.25) is 10.0 Å². The molecule has 3 rings (SSSR count). The van der Waals surface area contributed by atoms with Crippen molar-refractivity contribution in [2.45, 2.75) is 63.5 Å². The van der Waals surface area contributed by atoms with Crippen molar-refractivity contribution in [1.82, 2.24) is 15.5 Å². The van der Waals surface area contributed by atoms with Crippen LogP contribution < -0.4 is 10.6 Å². The van der Waals surface area contributed by atoms with Crippen LogP contribution in [0.3, 0.4) is 0 Å². The lowest BCUT2D eigenvalue weighted by Gasteiger charge is -2.38. The third-order valence-corrected chi connectivity index (χ3v) is 7.96. The minimum Gasteiger partial charge on any atom is -0.385 e. The fourth-order valence-corrected chi connectivity index (χ4v) is 5.84. The van der Waals surface area contributed by atoms with Crippen LogP contribution in [0, 0.1) is 11.8 Å². The van der Waals surface area contributed by atoms with Gasteiger partial charge in [-0.25, -0.2) is 4.79 Å². The van der Waals surface area contributed by atoms with Crippen molar-refractivity contribution in [3.63, 3.8) is 0 Å². The van der Waals surface area contributed by atoms with Gasteiger partial charge in [-0.2, -0.15) is 0 Å². The molecule has 2 fully saturated rings. The van der Waals surface area contributed by atoms with Crippen LogP contribution in [-0.2, 0) is 9.47 Å². The Kier molecular flexibility index (Phi) is 11.7. The topological polar surface area (TPSA) is 62.8 Å². The lowest BCUT2D eigenvalue weighted by molar-refractivity contribution is -0.0167. The number of rotatable bonds is 12. The molecule has 2 amide bonds. The molecule has 34 heavy (non-hydrogen) atoms. The summed E-state index contributed by atoms with van der Waals surface area (Å²) < 4.78 is 11.5. The maximum absolute atomic E-state index is 13.3. The summed E-state index contributed by atoms with van der Waals surface area (Å²) in [5, 5.41) is 7.63. The Balaban J connectivity index is 1.66. The SMILES string of the molecule is CNC[C@H](CC1CCCC1)NC(=O)N1CCC[C@@H]([C@@H](OCCCOC)c2cccc(Cl)c2Cl)C1. The van der Waals surface area contributed by atoms with Crippen LogP contribution in [0.25, 0.3) is 0 Å². The molecule has 2 aliphatic rings. The molecule has 1 aliphatic carbocycles. The molecule has 1 aromatic carbocycles. The van der Waals surface area contributed by atoms with Gasteiger partial charge in [0, 0.05) is 57.5 Å². The van der Waals surface area contributed by atoms with Crippen molar-refractivity contribution in [3.8, 4) is 0 Å². The Bertz CT molecular complexity index is 761. The average Bonchev–Trinajstić information content (AvgIpc) is 3.35. The molecule has 3 atom stereocenters. The Hall–Kier alpha value is -1.05. The zero-order valence-electron chi connectivity index (χ0n) is 20.7. The first-order valence-electron chi connectivity index (χ1n) is 12.8. The first-order valence-corrected chi connectivity index (χ1v) is 13.5. The fourth-order valence-electron chi connectivity index (χ4n) is 5.43. The lowest BCUT2D eigenvalue weighted by Crippen LogP contribution is -2.51. The minimum absolute atomic E-state index is 0.0262. The van der Waals surface area contributed by atoms with Crippen LogP contribution >= 0.6 is 23.2 Å². The summed E-state index contributed by atoms with van der Waals surface area (Å²) in [6, 6.07) is 5.87. The number of carbonyl (C=O) groups is 1. The number of benzene rings is 1. The second-order valence-corrected chi connectivity index (χ2v) is 10.5. The number of urea groups is 1. The number of halogens is 2. The van der Waals surface area contributed by atoms with Gasteiger partial charge in [-0.1, -0.05) is 61.0 Å². The quantitative estimate of drug-likeness (QED) is 0.353. The van der Waals surface area contributed by atoms with Crippen molar-refractivity contribution in [2.24, 2.45) is 11.8 Å². The molecule has 1 aromatic rings. The number of hydrogen-bond acceptors (Lipinski definition) is 4. The first kappa shape index (κ1) is 27.5. The molecule has 0 bridgehead atoms. The molecule has 1 saturated heterocycles. The standard InChI is InChI=1S/C26H41Cl2N3O3/c1-29-17-21(16-19-8-3-4-9-19)30-26(32)31-13-6-10-20(18-31)25(34-15-7-14-33-2)22-11-5-12-23(27)24(22)28/h5,11-12,19-21,25,29H,3-4,6-10,13-18H2,1-2H3,(H,30,32)/t20-,21+,25-/m1/s1. The van der Waals surface area contributed by atoms with Crippen LogP contribution in [0.5, 0.6) is 0 Å². The van der Waals surface area contributed by atoms with E-state index in [0.717, 1.165) is 50.3 Å². The van der Waals surface area contributed by atoms with E-state index in [1.165, 1.54) is 25.7 Å². The highest BCUT2D eigenvalue weighted by atomic mass is 35.5. The number of nitrogens with zero attached hydrogens (tertiary/aromatic N) is 1. The Morgan fingerprint density at radius 2 is 1.97 bits per heavy atom. The van der Waals surface area contributed by atoms with E-state index in [2.05, 4.69) is 10.6 Å². The largest absolute Gasteiger partial charge is 0.385 e. The Labute approximate surface area is 215 Å². The van der Waals surface area contributed by atoms with Gasteiger partial charge in [-0.3, -0.25) is 0 Å². The van der Waals surface area contributed by atoms with E-state index in [1.54, 1.807) is 13.2 Å². The lowest BCUT2D eigenvalue weighted by atomic mass is 9.88. The number of likely N-dealkylation sites (tertiary alicyclic amines) is 1. The summed E-state index contributed by atoms with van der Waals surface area (Å²) in [5.74, 6) is 0.873. The highest BCUT2D eigenvalue weighted by Gasteiger charge is 2.33.